The normalized spacial score (nSPS) is 10.8. The summed E-state index contributed by atoms with van der Waals surface area (Å²) >= 11 is 0. The second-order valence-electron chi connectivity index (χ2n) is 5.02. The number of hydrogen-bond donors (Lipinski definition) is 1. The Bertz CT molecular complexity index is 834. The van der Waals surface area contributed by atoms with Crippen molar-refractivity contribution in [3.63, 3.8) is 0 Å². The molecule has 1 aromatic heterocycles. The maximum Gasteiger partial charge on any atom is 0.338 e. The van der Waals surface area contributed by atoms with Crippen molar-refractivity contribution in [3.8, 4) is 17.0 Å². The van der Waals surface area contributed by atoms with Crippen LogP contribution in [0, 0.1) is 0 Å². The lowest BCUT2D eigenvalue weighted by molar-refractivity contribution is 0.0699. The lowest BCUT2D eigenvalue weighted by Gasteiger charge is -2.09. The number of nitrogens with zero attached hydrogens (tertiary/aromatic N) is 1. The summed E-state index contributed by atoms with van der Waals surface area (Å²) in [5.74, 6) is -0.271. The zero-order chi connectivity index (χ0) is 15.7. The van der Waals surface area contributed by atoms with Gasteiger partial charge in [-0.3, -0.25) is 0 Å². The molecular formula is C18H17NO3. The number of carboxylic acid groups (broad SMARTS) is 1. The van der Waals surface area contributed by atoms with Crippen LogP contribution in [-0.2, 0) is 6.54 Å². The van der Waals surface area contributed by atoms with Gasteiger partial charge in [0, 0.05) is 17.4 Å². The van der Waals surface area contributed by atoms with E-state index < -0.39 is 5.97 Å². The van der Waals surface area contributed by atoms with Crippen molar-refractivity contribution in [1.82, 2.24) is 4.57 Å². The third kappa shape index (κ3) is 2.13. The maximum atomic E-state index is 11.9. The van der Waals surface area contributed by atoms with E-state index in [1.807, 2.05) is 54.0 Å². The highest BCUT2D eigenvalue weighted by atomic mass is 16.5. The molecule has 0 unspecified atom stereocenters. The molecule has 2 aromatic carbocycles. The first-order chi connectivity index (χ1) is 10.7. The lowest BCUT2D eigenvalue weighted by atomic mass is 10.1. The van der Waals surface area contributed by atoms with Crippen molar-refractivity contribution >= 4 is 16.9 Å². The standard InChI is InChI=1S/C18H17NO3/c1-3-19-15-10-9-13(22-2)11-14(15)16(18(20)21)17(19)12-7-5-4-6-8-12/h4-11H,3H2,1-2H3,(H,20,21). The molecule has 112 valence electrons. The predicted molar refractivity (Wildman–Crippen MR) is 86.6 cm³/mol. The molecule has 0 aliphatic heterocycles. The molecule has 4 nitrogen and oxygen atoms in total. The molecule has 0 aliphatic rings. The Balaban J connectivity index is 2.44. The van der Waals surface area contributed by atoms with Crippen molar-refractivity contribution in [2.24, 2.45) is 0 Å². The fourth-order valence-corrected chi connectivity index (χ4v) is 2.90. The van der Waals surface area contributed by atoms with Gasteiger partial charge >= 0.3 is 5.97 Å². The van der Waals surface area contributed by atoms with Crippen LogP contribution < -0.4 is 4.74 Å². The number of methoxy groups -OCH3 is 1. The minimum absolute atomic E-state index is 0.321. The smallest absolute Gasteiger partial charge is 0.338 e. The Morgan fingerprint density at radius 1 is 1.18 bits per heavy atom. The fraction of sp³-hybridized carbons (Fsp3) is 0.167. The molecule has 0 saturated heterocycles. The van der Waals surface area contributed by atoms with Crippen LogP contribution in [0.5, 0.6) is 5.75 Å². The van der Waals surface area contributed by atoms with Gasteiger partial charge in [-0.15, -0.1) is 0 Å². The number of aromatic nitrogens is 1. The second-order valence-corrected chi connectivity index (χ2v) is 5.02. The van der Waals surface area contributed by atoms with Crippen molar-refractivity contribution in [1.29, 1.82) is 0 Å². The molecule has 0 fully saturated rings. The summed E-state index contributed by atoms with van der Waals surface area (Å²) in [6, 6.07) is 15.2. The average molecular weight is 295 g/mol. The van der Waals surface area contributed by atoms with Gasteiger partial charge in [-0.25, -0.2) is 4.79 Å². The van der Waals surface area contributed by atoms with E-state index in [9.17, 15) is 9.90 Å². The Morgan fingerprint density at radius 3 is 2.50 bits per heavy atom. The van der Waals surface area contributed by atoms with Crippen LogP contribution >= 0.6 is 0 Å². The van der Waals surface area contributed by atoms with E-state index in [4.69, 9.17) is 4.74 Å². The zero-order valence-electron chi connectivity index (χ0n) is 12.5. The minimum atomic E-state index is -0.927. The number of aromatic carboxylic acids is 1. The van der Waals surface area contributed by atoms with Gasteiger partial charge in [0.2, 0.25) is 0 Å². The van der Waals surface area contributed by atoms with E-state index >= 15 is 0 Å². The van der Waals surface area contributed by atoms with Crippen LogP contribution in [0.15, 0.2) is 48.5 Å². The monoisotopic (exact) mass is 295 g/mol. The largest absolute Gasteiger partial charge is 0.497 e. The van der Waals surface area contributed by atoms with Crippen molar-refractivity contribution < 1.29 is 14.6 Å². The average Bonchev–Trinajstić information content (AvgIpc) is 2.89. The summed E-state index contributed by atoms with van der Waals surface area (Å²) in [7, 11) is 1.58. The van der Waals surface area contributed by atoms with Gasteiger partial charge in [-0.1, -0.05) is 30.3 Å². The Morgan fingerprint density at radius 2 is 1.91 bits per heavy atom. The Hall–Kier alpha value is -2.75. The highest BCUT2D eigenvalue weighted by Gasteiger charge is 2.23. The van der Waals surface area contributed by atoms with Crippen LogP contribution in [0.2, 0.25) is 0 Å². The van der Waals surface area contributed by atoms with Crippen molar-refractivity contribution in [2.75, 3.05) is 7.11 Å². The predicted octanol–water partition coefficient (Wildman–Crippen LogP) is 4.04. The lowest BCUT2D eigenvalue weighted by Crippen LogP contribution is -2.02. The van der Waals surface area contributed by atoms with Crippen LogP contribution in [-0.4, -0.2) is 22.8 Å². The molecule has 0 amide bonds. The maximum absolute atomic E-state index is 11.9. The molecule has 22 heavy (non-hydrogen) atoms. The van der Waals surface area contributed by atoms with Gasteiger partial charge in [0.05, 0.1) is 18.4 Å². The molecule has 0 aliphatic carbocycles. The summed E-state index contributed by atoms with van der Waals surface area (Å²) in [6.07, 6.45) is 0. The van der Waals surface area contributed by atoms with E-state index in [1.165, 1.54) is 0 Å². The topological polar surface area (TPSA) is 51.5 Å². The summed E-state index contributed by atoms with van der Waals surface area (Å²) in [4.78, 5) is 11.9. The number of rotatable bonds is 4. The summed E-state index contributed by atoms with van der Waals surface area (Å²) in [5.41, 5.74) is 2.86. The minimum Gasteiger partial charge on any atom is -0.497 e. The number of hydrogen-bond acceptors (Lipinski definition) is 2. The zero-order valence-corrected chi connectivity index (χ0v) is 12.5. The quantitative estimate of drug-likeness (QED) is 0.790. The molecule has 0 radical (unpaired) electrons. The molecule has 1 N–H and O–H groups in total. The number of fused-ring (bicyclic) bond motifs is 1. The molecule has 1 heterocycles. The Kier molecular flexibility index (Phi) is 3.59. The summed E-state index contributed by atoms with van der Waals surface area (Å²) in [6.45, 7) is 2.71. The number of ether oxygens (including phenoxy) is 1. The van der Waals surface area contributed by atoms with Crippen LogP contribution in [0.1, 0.15) is 17.3 Å². The second kappa shape index (κ2) is 5.56. The molecular weight excluding hydrogens is 278 g/mol. The van der Waals surface area contributed by atoms with Crippen molar-refractivity contribution in [2.45, 2.75) is 13.5 Å². The molecule has 4 heteroatoms. The van der Waals surface area contributed by atoms with Gasteiger partial charge in [0.15, 0.2) is 0 Å². The Labute approximate surface area is 128 Å². The van der Waals surface area contributed by atoms with Gasteiger partial charge < -0.3 is 14.4 Å². The number of aryl methyl sites for hydroxylation is 1. The first-order valence-electron chi connectivity index (χ1n) is 7.16. The van der Waals surface area contributed by atoms with E-state index in [1.54, 1.807) is 13.2 Å². The highest BCUT2D eigenvalue weighted by molar-refractivity contribution is 6.10. The summed E-state index contributed by atoms with van der Waals surface area (Å²) in [5, 5.41) is 10.4. The van der Waals surface area contributed by atoms with Gasteiger partial charge in [0.25, 0.3) is 0 Å². The van der Waals surface area contributed by atoms with Crippen LogP contribution in [0.3, 0.4) is 0 Å². The number of carbonyl (C=O) groups is 1. The van der Waals surface area contributed by atoms with Crippen LogP contribution in [0.4, 0.5) is 0 Å². The molecule has 0 bridgehead atoms. The SMILES string of the molecule is CCn1c(-c2ccccc2)c(C(=O)O)c2cc(OC)ccc21. The van der Waals surface area contributed by atoms with Gasteiger partial charge in [-0.05, 0) is 30.7 Å². The number of carboxylic acids is 1. The third-order valence-electron chi connectivity index (χ3n) is 3.85. The van der Waals surface area contributed by atoms with E-state index in [0.717, 1.165) is 16.8 Å². The van der Waals surface area contributed by atoms with E-state index in [0.29, 0.717) is 23.2 Å². The first kappa shape index (κ1) is 14.2. The van der Waals surface area contributed by atoms with E-state index in [2.05, 4.69) is 0 Å². The molecule has 0 atom stereocenters. The van der Waals surface area contributed by atoms with Gasteiger partial charge in [0.1, 0.15) is 5.75 Å². The first-order valence-corrected chi connectivity index (χ1v) is 7.16. The van der Waals surface area contributed by atoms with Crippen LogP contribution in [0.25, 0.3) is 22.2 Å². The molecule has 0 spiro atoms. The third-order valence-corrected chi connectivity index (χ3v) is 3.85. The van der Waals surface area contributed by atoms with Gasteiger partial charge in [-0.2, -0.15) is 0 Å². The molecule has 0 saturated carbocycles. The van der Waals surface area contributed by atoms with Crippen molar-refractivity contribution in [3.05, 3.63) is 54.1 Å². The fourth-order valence-electron chi connectivity index (χ4n) is 2.90. The van der Waals surface area contributed by atoms with E-state index in [-0.39, 0.29) is 0 Å². The number of benzene rings is 2. The molecule has 3 rings (SSSR count). The summed E-state index contributed by atoms with van der Waals surface area (Å²) < 4.78 is 7.28. The highest BCUT2D eigenvalue weighted by Crippen LogP contribution is 2.35. The molecule has 3 aromatic rings.